The van der Waals surface area contributed by atoms with E-state index in [-0.39, 0.29) is 16.3 Å². The summed E-state index contributed by atoms with van der Waals surface area (Å²) in [6.45, 7) is 2.82. The lowest BCUT2D eigenvalue weighted by Crippen LogP contribution is -2.51. The van der Waals surface area contributed by atoms with Crippen LogP contribution in [-0.2, 0) is 14.8 Å². The summed E-state index contributed by atoms with van der Waals surface area (Å²) >= 11 is 0. The molecule has 0 radical (unpaired) electrons. The van der Waals surface area contributed by atoms with E-state index in [0.29, 0.717) is 13.2 Å². The molecule has 0 saturated carbocycles. The van der Waals surface area contributed by atoms with E-state index in [1.807, 2.05) is 6.92 Å². The Hall–Kier alpha value is -1.31. The van der Waals surface area contributed by atoms with Crippen LogP contribution in [0.15, 0.2) is 23.1 Å². The van der Waals surface area contributed by atoms with Crippen LogP contribution in [0.3, 0.4) is 0 Å². The van der Waals surface area contributed by atoms with Crippen molar-refractivity contribution in [2.45, 2.75) is 30.2 Å². The number of aromatic hydroxyl groups is 1. The van der Waals surface area contributed by atoms with Crippen molar-refractivity contribution in [3.63, 3.8) is 0 Å². The largest absolute Gasteiger partial charge is 0.506 e. The van der Waals surface area contributed by atoms with E-state index in [0.717, 1.165) is 12.8 Å². The standard InChI is InChI=1S/C12H18N2O4S/c1-12(5-2-6-18-8-12)14-19(16,17)9-3-4-11(15)10(13)7-9/h3-4,7,14-15H,2,5-6,8,13H2,1H3. The van der Waals surface area contributed by atoms with Crippen LogP contribution in [0.2, 0.25) is 0 Å². The molecule has 0 bridgehead atoms. The molecule has 2 rings (SSSR count). The van der Waals surface area contributed by atoms with Crippen molar-refractivity contribution in [3.05, 3.63) is 18.2 Å². The molecule has 1 fully saturated rings. The quantitative estimate of drug-likeness (QED) is 0.564. The number of nitrogen functional groups attached to an aromatic ring is 1. The van der Waals surface area contributed by atoms with Gasteiger partial charge in [0.25, 0.3) is 0 Å². The molecule has 6 nitrogen and oxygen atoms in total. The Labute approximate surface area is 112 Å². The van der Waals surface area contributed by atoms with Gasteiger partial charge in [-0.05, 0) is 38.0 Å². The van der Waals surface area contributed by atoms with Crippen LogP contribution in [0.25, 0.3) is 0 Å². The number of nitrogens with two attached hydrogens (primary N) is 1. The topological polar surface area (TPSA) is 102 Å². The zero-order chi connectivity index (χ0) is 14.1. The van der Waals surface area contributed by atoms with E-state index in [1.54, 1.807) is 0 Å². The van der Waals surface area contributed by atoms with Gasteiger partial charge in [0.2, 0.25) is 10.0 Å². The number of hydrogen-bond donors (Lipinski definition) is 3. The van der Waals surface area contributed by atoms with Gasteiger partial charge in [0.1, 0.15) is 5.75 Å². The molecule has 4 N–H and O–H groups in total. The summed E-state index contributed by atoms with van der Waals surface area (Å²) in [6, 6.07) is 3.83. The first kappa shape index (κ1) is 14.1. The number of ether oxygens (including phenoxy) is 1. The molecule has 1 unspecified atom stereocenters. The summed E-state index contributed by atoms with van der Waals surface area (Å²) in [4.78, 5) is 0.0367. The van der Waals surface area contributed by atoms with E-state index < -0.39 is 15.6 Å². The Balaban J connectivity index is 2.24. The first-order chi connectivity index (χ1) is 8.82. The molecule has 1 aromatic carbocycles. The molecule has 1 aromatic rings. The first-order valence-corrected chi connectivity index (χ1v) is 7.51. The number of rotatable bonds is 3. The highest BCUT2D eigenvalue weighted by molar-refractivity contribution is 7.89. The minimum atomic E-state index is -3.68. The summed E-state index contributed by atoms with van der Waals surface area (Å²) in [5.41, 5.74) is 4.94. The van der Waals surface area contributed by atoms with E-state index >= 15 is 0 Å². The fourth-order valence-electron chi connectivity index (χ4n) is 2.10. The van der Waals surface area contributed by atoms with Gasteiger partial charge in [-0.1, -0.05) is 0 Å². The molecule has 1 atom stereocenters. The Morgan fingerprint density at radius 3 is 2.79 bits per heavy atom. The highest BCUT2D eigenvalue weighted by Gasteiger charge is 2.33. The third kappa shape index (κ3) is 3.17. The predicted octanol–water partition coefficient (Wildman–Crippen LogP) is 0.822. The smallest absolute Gasteiger partial charge is 0.241 e. The van der Waals surface area contributed by atoms with Crippen LogP contribution in [0.5, 0.6) is 5.75 Å². The van der Waals surface area contributed by atoms with Crippen LogP contribution in [0, 0.1) is 0 Å². The van der Waals surface area contributed by atoms with Gasteiger partial charge in [0.15, 0.2) is 0 Å². The Morgan fingerprint density at radius 1 is 1.47 bits per heavy atom. The molecular weight excluding hydrogens is 268 g/mol. The van der Waals surface area contributed by atoms with Crippen LogP contribution in [0.1, 0.15) is 19.8 Å². The van der Waals surface area contributed by atoms with E-state index in [2.05, 4.69) is 4.72 Å². The number of hydrogen-bond acceptors (Lipinski definition) is 5. The van der Waals surface area contributed by atoms with Crippen molar-refractivity contribution in [3.8, 4) is 5.75 Å². The van der Waals surface area contributed by atoms with Crippen molar-refractivity contribution < 1.29 is 18.3 Å². The molecule has 0 spiro atoms. The van der Waals surface area contributed by atoms with Gasteiger partial charge in [-0.3, -0.25) is 0 Å². The van der Waals surface area contributed by atoms with Crippen molar-refractivity contribution in [1.82, 2.24) is 4.72 Å². The van der Waals surface area contributed by atoms with Gasteiger partial charge in [-0.25, -0.2) is 13.1 Å². The van der Waals surface area contributed by atoms with Crippen molar-refractivity contribution in [2.24, 2.45) is 0 Å². The molecule has 0 aliphatic carbocycles. The Morgan fingerprint density at radius 2 is 2.21 bits per heavy atom. The third-order valence-corrected chi connectivity index (χ3v) is 4.76. The molecule has 1 heterocycles. The average Bonchev–Trinajstić information content (AvgIpc) is 2.32. The summed E-state index contributed by atoms with van der Waals surface area (Å²) in [5.74, 6) is -0.133. The number of benzene rings is 1. The maximum atomic E-state index is 12.3. The minimum absolute atomic E-state index is 0.0351. The van der Waals surface area contributed by atoms with Gasteiger partial charge < -0.3 is 15.6 Å². The molecule has 1 aliphatic heterocycles. The second kappa shape index (κ2) is 4.99. The number of phenols is 1. The lowest BCUT2D eigenvalue weighted by molar-refractivity contribution is 0.0386. The van der Waals surface area contributed by atoms with Crippen LogP contribution < -0.4 is 10.5 Å². The van der Waals surface area contributed by atoms with Gasteiger partial charge in [0, 0.05) is 6.61 Å². The van der Waals surface area contributed by atoms with Gasteiger partial charge in [0.05, 0.1) is 22.7 Å². The molecule has 0 aromatic heterocycles. The monoisotopic (exact) mass is 286 g/mol. The SMILES string of the molecule is CC1(NS(=O)(=O)c2ccc(O)c(N)c2)CCCOC1. The lowest BCUT2D eigenvalue weighted by Gasteiger charge is -2.33. The Kier molecular flexibility index (Phi) is 3.71. The highest BCUT2D eigenvalue weighted by atomic mass is 32.2. The summed E-state index contributed by atoms with van der Waals surface area (Å²) in [6.07, 6.45) is 1.54. The van der Waals surface area contributed by atoms with Crippen LogP contribution in [0.4, 0.5) is 5.69 Å². The zero-order valence-corrected chi connectivity index (χ0v) is 11.5. The van der Waals surface area contributed by atoms with Crippen molar-refractivity contribution >= 4 is 15.7 Å². The molecule has 1 aliphatic rings. The number of nitrogens with one attached hydrogen (secondary N) is 1. The average molecular weight is 286 g/mol. The van der Waals surface area contributed by atoms with Crippen molar-refractivity contribution in [1.29, 1.82) is 0 Å². The van der Waals surface area contributed by atoms with Gasteiger partial charge in [-0.15, -0.1) is 0 Å². The van der Waals surface area contributed by atoms with Gasteiger partial charge >= 0.3 is 0 Å². The number of phenolic OH excluding ortho intramolecular Hbond substituents is 1. The minimum Gasteiger partial charge on any atom is -0.506 e. The van der Waals surface area contributed by atoms with E-state index in [9.17, 15) is 13.5 Å². The summed E-state index contributed by atoms with van der Waals surface area (Å²) < 4.78 is 32.5. The van der Waals surface area contributed by atoms with Crippen LogP contribution in [-0.4, -0.2) is 32.3 Å². The molecule has 0 amide bonds. The van der Waals surface area contributed by atoms with Crippen LogP contribution >= 0.6 is 0 Å². The van der Waals surface area contributed by atoms with E-state index in [1.165, 1.54) is 18.2 Å². The fourth-order valence-corrected chi connectivity index (χ4v) is 3.55. The Bertz CT molecular complexity index is 565. The number of sulfonamides is 1. The highest BCUT2D eigenvalue weighted by Crippen LogP contribution is 2.25. The lowest BCUT2D eigenvalue weighted by atomic mass is 9.97. The van der Waals surface area contributed by atoms with Crippen molar-refractivity contribution in [2.75, 3.05) is 18.9 Å². The molecule has 106 valence electrons. The zero-order valence-electron chi connectivity index (χ0n) is 10.7. The third-order valence-electron chi connectivity index (χ3n) is 3.13. The van der Waals surface area contributed by atoms with E-state index in [4.69, 9.17) is 10.5 Å². The second-order valence-corrected chi connectivity index (χ2v) is 6.73. The fraction of sp³-hybridized carbons (Fsp3) is 0.500. The molecule has 1 saturated heterocycles. The normalized spacial score (nSPS) is 24.3. The summed E-state index contributed by atoms with van der Waals surface area (Å²) in [7, 11) is -3.68. The summed E-state index contributed by atoms with van der Waals surface area (Å²) in [5, 5.41) is 9.32. The molecular formula is C12H18N2O4S. The number of anilines is 1. The maximum absolute atomic E-state index is 12.3. The maximum Gasteiger partial charge on any atom is 0.241 e. The predicted molar refractivity (Wildman–Crippen MR) is 71.3 cm³/mol. The molecule has 7 heteroatoms. The second-order valence-electron chi connectivity index (χ2n) is 5.04. The first-order valence-electron chi connectivity index (χ1n) is 6.03. The molecule has 19 heavy (non-hydrogen) atoms. The van der Waals surface area contributed by atoms with Gasteiger partial charge in [-0.2, -0.15) is 0 Å².